The quantitative estimate of drug-likeness (QED) is 0.710. The molecule has 2 aliphatic carbocycles. The van der Waals surface area contributed by atoms with E-state index in [-0.39, 0.29) is 54.6 Å². The Hall–Kier alpha value is -2.70. The Morgan fingerprint density at radius 3 is 2.48 bits per heavy atom. The van der Waals surface area contributed by atoms with Crippen LogP contribution in [0, 0.1) is 17.8 Å². The summed E-state index contributed by atoms with van der Waals surface area (Å²) in [6.45, 7) is 0.244. The zero-order valence-corrected chi connectivity index (χ0v) is 17.6. The second kappa shape index (κ2) is 8.09. The van der Waals surface area contributed by atoms with E-state index in [2.05, 4.69) is 10.6 Å². The molecular weight excluding hydrogens is 394 g/mol. The number of piperidine rings is 1. The molecule has 5 atom stereocenters. The number of hydrogen-bond donors (Lipinski definition) is 2. The van der Waals surface area contributed by atoms with Crippen molar-refractivity contribution in [3.8, 4) is 0 Å². The highest BCUT2D eigenvalue weighted by atomic mass is 16.2. The minimum atomic E-state index is -0.280. The number of rotatable bonds is 5. The van der Waals surface area contributed by atoms with Crippen molar-refractivity contribution in [3.05, 3.63) is 35.4 Å². The molecule has 2 heterocycles. The number of imide groups is 1. The Balaban J connectivity index is 1.09. The summed E-state index contributed by atoms with van der Waals surface area (Å²) < 4.78 is 0. The van der Waals surface area contributed by atoms with E-state index >= 15 is 0 Å². The molecule has 2 aliphatic heterocycles. The fourth-order valence-electron chi connectivity index (χ4n) is 6.26. The zero-order chi connectivity index (χ0) is 21.5. The summed E-state index contributed by atoms with van der Waals surface area (Å²) in [5, 5.41) is 6.33. The maximum atomic E-state index is 12.5. The molecule has 0 radical (unpaired) electrons. The van der Waals surface area contributed by atoms with Crippen LogP contribution in [0.3, 0.4) is 0 Å². The zero-order valence-electron chi connectivity index (χ0n) is 17.6. The van der Waals surface area contributed by atoms with Crippen molar-refractivity contribution in [2.75, 3.05) is 6.54 Å². The molecule has 4 amide bonds. The van der Waals surface area contributed by atoms with E-state index in [0.717, 1.165) is 38.5 Å². The number of hydrogen-bond acceptors (Lipinski definition) is 4. The number of benzene rings is 1. The normalized spacial score (nSPS) is 31.7. The first-order chi connectivity index (χ1) is 15.0. The molecule has 5 unspecified atom stereocenters. The van der Waals surface area contributed by atoms with Crippen LogP contribution in [0.15, 0.2) is 24.3 Å². The van der Waals surface area contributed by atoms with Crippen LogP contribution < -0.4 is 10.6 Å². The SMILES string of the molecule is O=C(CCCN1C(=O)c2ccccc2C1=O)NC1CCC2C(C1)NC(=O)C1CCCC12. The maximum Gasteiger partial charge on any atom is 0.261 e. The van der Waals surface area contributed by atoms with Crippen LogP contribution in [-0.2, 0) is 9.59 Å². The largest absolute Gasteiger partial charge is 0.353 e. The van der Waals surface area contributed by atoms with Gasteiger partial charge >= 0.3 is 0 Å². The van der Waals surface area contributed by atoms with E-state index in [1.54, 1.807) is 24.3 Å². The van der Waals surface area contributed by atoms with Crippen LogP contribution in [0.25, 0.3) is 0 Å². The molecule has 3 fully saturated rings. The first-order valence-electron chi connectivity index (χ1n) is 11.6. The van der Waals surface area contributed by atoms with Gasteiger partial charge in [-0.1, -0.05) is 18.6 Å². The summed E-state index contributed by atoms with van der Waals surface area (Å²) in [5.74, 6) is 0.865. The Kier molecular flexibility index (Phi) is 5.28. The monoisotopic (exact) mass is 423 g/mol. The Morgan fingerprint density at radius 2 is 1.74 bits per heavy atom. The van der Waals surface area contributed by atoms with Crippen molar-refractivity contribution >= 4 is 23.6 Å². The highest BCUT2D eigenvalue weighted by Gasteiger charge is 2.48. The number of nitrogens with zero attached hydrogens (tertiary/aromatic N) is 1. The molecule has 164 valence electrons. The fraction of sp³-hybridized carbons (Fsp3) is 0.583. The number of amides is 4. The topological polar surface area (TPSA) is 95.6 Å². The number of carbonyl (C=O) groups excluding carboxylic acids is 4. The van der Waals surface area contributed by atoms with Gasteiger partial charge < -0.3 is 10.6 Å². The fourth-order valence-corrected chi connectivity index (χ4v) is 6.26. The minimum absolute atomic E-state index is 0.0547. The molecule has 2 N–H and O–H groups in total. The van der Waals surface area contributed by atoms with Crippen LogP contribution in [-0.4, -0.2) is 47.2 Å². The predicted molar refractivity (Wildman–Crippen MR) is 113 cm³/mol. The number of fused-ring (bicyclic) bond motifs is 4. The third kappa shape index (κ3) is 3.64. The van der Waals surface area contributed by atoms with Crippen molar-refractivity contribution in [2.45, 2.75) is 63.5 Å². The lowest BCUT2D eigenvalue weighted by atomic mass is 9.68. The molecule has 31 heavy (non-hydrogen) atoms. The highest BCUT2D eigenvalue weighted by molar-refractivity contribution is 6.21. The molecule has 0 spiro atoms. The first kappa shape index (κ1) is 20.2. The Morgan fingerprint density at radius 1 is 1.00 bits per heavy atom. The van der Waals surface area contributed by atoms with Crippen LogP contribution in [0.4, 0.5) is 0 Å². The molecular formula is C24H29N3O4. The average molecular weight is 424 g/mol. The van der Waals surface area contributed by atoms with E-state index in [4.69, 9.17) is 0 Å². The predicted octanol–water partition coefficient (Wildman–Crippen LogP) is 2.26. The van der Waals surface area contributed by atoms with Crippen molar-refractivity contribution < 1.29 is 19.2 Å². The molecule has 5 rings (SSSR count). The Bertz CT molecular complexity index is 894. The van der Waals surface area contributed by atoms with Crippen LogP contribution in [0.5, 0.6) is 0 Å². The van der Waals surface area contributed by atoms with Gasteiger partial charge in [0.25, 0.3) is 11.8 Å². The van der Waals surface area contributed by atoms with Crippen molar-refractivity contribution in [1.29, 1.82) is 0 Å². The summed E-state index contributed by atoms with van der Waals surface area (Å²) in [6, 6.07) is 7.07. The third-order valence-electron chi connectivity index (χ3n) is 7.72. The lowest BCUT2D eigenvalue weighted by Gasteiger charge is -2.45. The molecule has 7 heteroatoms. The summed E-state index contributed by atoms with van der Waals surface area (Å²) in [4.78, 5) is 50.9. The van der Waals surface area contributed by atoms with Crippen LogP contribution in [0.2, 0.25) is 0 Å². The lowest BCUT2D eigenvalue weighted by molar-refractivity contribution is -0.132. The number of nitrogens with one attached hydrogen (secondary N) is 2. The van der Waals surface area contributed by atoms with Gasteiger partial charge in [-0.25, -0.2) is 0 Å². The summed E-state index contributed by atoms with van der Waals surface area (Å²) >= 11 is 0. The molecule has 1 saturated heterocycles. The lowest BCUT2D eigenvalue weighted by Crippen LogP contribution is -2.57. The molecule has 2 saturated carbocycles. The van der Waals surface area contributed by atoms with Gasteiger partial charge in [0.05, 0.1) is 11.1 Å². The van der Waals surface area contributed by atoms with Crippen molar-refractivity contribution in [3.63, 3.8) is 0 Å². The molecule has 7 nitrogen and oxygen atoms in total. The molecule has 1 aromatic rings. The van der Waals surface area contributed by atoms with Gasteiger partial charge in [0, 0.05) is 31.0 Å². The van der Waals surface area contributed by atoms with Gasteiger partial charge in [0.2, 0.25) is 11.8 Å². The molecule has 4 aliphatic rings. The van der Waals surface area contributed by atoms with Crippen LogP contribution >= 0.6 is 0 Å². The van der Waals surface area contributed by atoms with Crippen LogP contribution in [0.1, 0.15) is 72.1 Å². The number of carbonyl (C=O) groups is 4. The summed E-state index contributed by atoms with van der Waals surface area (Å²) in [6.07, 6.45) is 6.84. The van der Waals surface area contributed by atoms with Gasteiger partial charge in [0.15, 0.2) is 0 Å². The van der Waals surface area contributed by atoms with Gasteiger partial charge in [-0.05, 0) is 62.5 Å². The first-order valence-corrected chi connectivity index (χ1v) is 11.6. The molecule has 1 aromatic carbocycles. The third-order valence-corrected chi connectivity index (χ3v) is 7.72. The summed E-state index contributed by atoms with van der Waals surface area (Å²) in [5.41, 5.74) is 0.875. The molecule has 0 bridgehead atoms. The smallest absolute Gasteiger partial charge is 0.261 e. The highest BCUT2D eigenvalue weighted by Crippen LogP contribution is 2.46. The van der Waals surface area contributed by atoms with Gasteiger partial charge in [0.1, 0.15) is 0 Å². The van der Waals surface area contributed by atoms with E-state index < -0.39 is 0 Å². The van der Waals surface area contributed by atoms with E-state index in [1.165, 1.54) is 4.90 Å². The maximum absolute atomic E-state index is 12.5. The average Bonchev–Trinajstić information content (AvgIpc) is 3.34. The van der Waals surface area contributed by atoms with E-state index in [0.29, 0.717) is 29.4 Å². The Labute approximate surface area is 181 Å². The van der Waals surface area contributed by atoms with E-state index in [1.807, 2.05) is 0 Å². The minimum Gasteiger partial charge on any atom is -0.353 e. The van der Waals surface area contributed by atoms with Gasteiger partial charge in [-0.2, -0.15) is 0 Å². The second-order valence-electron chi connectivity index (χ2n) is 9.47. The summed E-state index contributed by atoms with van der Waals surface area (Å²) in [7, 11) is 0. The van der Waals surface area contributed by atoms with E-state index in [9.17, 15) is 19.2 Å². The van der Waals surface area contributed by atoms with Gasteiger partial charge in [-0.3, -0.25) is 24.1 Å². The molecule has 0 aromatic heterocycles. The second-order valence-corrected chi connectivity index (χ2v) is 9.47. The van der Waals surface area contributed by atoms with Crippen molar-refractivity contribution in [1.82, 2.24) is 15.5 Å². The van der Waals surface area contributed by atoms with Gasteiger partial charge in [-0.15, -0.1) is 0 Å². The standard InChI is InChI=1S/C24H29N3O4/c28-21(9-4-12-27-23(30)18-5-1-2-6-19(18)24(27)31)25-14-10-11-16-15-7-3-8-17(15)22(29)26-20(16)13-14/h1-2,5-6,14-17,20H,3-4,7-13H2,(H,25,28)(H,26,29). The van der Waals surface area contributed by atoms with Crippen molar-refractivity contribution in [2.24, 2.45) is 17.8 Å².